The molecule has 1 aliphatic heterocycles. The van der Waals surface area contributed by atoms with E-state index in [0.717, 1.165) is 10.0 Å². The van der Waals surface area contributed by atoms with Crippen LogP contribution in [0.2, 0.25) is 0 Å². The first-order valence-electron chi connectivity index (χ1n) is 6.42. The molecule has 0 aliphatic carbocycles. The molecule has 1 aliphatic rings. The lowest BCUT2D eigenvalue weighted by molar-refractivity contribution is -0.137. The summed E-state index contributed by atoms with van der Waals surface area (Å²) in [5.41, 5.74) is 1.00. The van der Waals surface area contributed by atoms with Crippen LogP contribution in [0.3, 0.4) is 0 Å². The molecule has 0 saturated carbocycles. The number of rotatable bonds is 2. The molecule has 3 nitrogen and oxygen atoms in total. The van der Waals surface area contributed by atoms with Crippen molar-refractivity contribution in [1.29, 1.82) is 0 Å². The molecule has 1 amide bonds. The number of benzene rings is 1. The number of morpholine rings is 1. The van der Waals surface area contributed by atoms with E-state index in [2.05, 4.69) is 15.9 Å². The number of carbonyl (C=O) groups excluding carboxylic acids is 1. The number of ether oxygens (including phenoxy) is 1. The van der Waals surface area contributed by atoms with Gasteiger partial charge in [-0.15, -0.1) is 0 Å². The summed E-state index contributed by atoms with van der Waals surface area (Å²) in [5.74, 6) is 0.0402. The summed E-state index contributed by atoms with van der Waals surface area (Å²) in [6.07, 6.45) is 3.59. The van der Waals surface area contributed by atoms with Crippen molar-refractivity contribution in [3.8, 4) is 0 Å². The Bertz CT molecular complexity index is 487. The van der Waals surface area contributed by atoms with Crippen LogP contribution >= 0.6 is 15.9 Å². The SMILES string of the molecule is CC1CN(C(=O)/C=C/c2ccccc2Br)C(C)CO1. The van der Waals surface area contributed by atoms with Gasteiger partial charge in [-0.2, -0.15) is 0 Å². The van der Waals surface area contributed by atoms with Crippen LogP contribution in [0.15, 0.2) is 34.8 Å². The lowest BCUT2D eigenvalue weighted by atomic mass is 10.2. The third-order valence-electron chi connectivity index (χ3n) is 3.20. The van der Waals surface area contributed by atoms with E-state index in [1.165, 1.54) is 0 Å². The number of halogens is 1. The molecule has 0 N–H and O–H groups in total. The van der Waals surface area contributed by atoms with Crippen LogP contribution in [0.5, 0.6) is 0 Å². The van der Waals surface area contributed by atoms with E-state index in [1.54, 1.807) is 6.08 Å². The van der Waals surface area contributed by atoms with Gasteiger partial charge in [0.15, 0.2) is 0 Å². The van der Waals surface area contributed by atoms with Crippen molar-refractivity contribution in [2.24, 2.45) is 0 Å². The van der Waals surface area contributed by atoms with Crippen molar-refractivity contribution in [2.45, 2.75) is 26.0 Å². The average molecular weight is 324 g/mol. The van der Waals surface area contributed by atoms with E-state index in [9.17, 15) is 4.79 Å². The Hall–Kier alpha value is -1.13. The maximum Gasteiger partial charge on any atom is 0.246 e. The Labute approximate surface area is 122 Å². The average Bonchev–Trinajstić information content (AvgIpc) is 2.40. The zero-order valence-corrected chi connectivity index (χ0v) is 12.8. The summed E-state index contributed by atoms with van der Waals surface area (Å²) in [5, 5.41) is 0. The van der Waals surface area contributed by atoms with E-state index in [4.69, 9.17) is 4.74 Å². The Balaban J connectivity index is 2.06. The molecule has 4 heteroatoms. The van der Waals surface area contributed by atoms with Gasteiger partial charge in [-0.05, 0) is 31.6 Å². The minimum Gasteiger partial charge on any atom is -0.375 e. The lowest BCUT2D eigenvalue weighted by Crippen LogP contribution is -2.49. The van der Waals surface area contributed by atoms with Crippen LogP contribution in [0.1, 0.15) is 19.4 Å². The molecule has 0 spiro atoms. The molecule has 1 heterocycles. The molecule has 1 aromatic rings. The monoisotopic (exact) mass is 323 g/mol. The van der Waals surface area contributed by atoms with Gasteiger partial charge in [-0.3, -0.25) is 4.79 Å². The Morgan fingerprint density at radius 1 is 1.42 bits per heavy atom. The molecule has 2 atom stereocenters. The maximum atomic E-state index is 12.2. The molecule has 2 unspecified atom stereocenters. The third kappa shape index (κ3) is 3.67. The Kier molecular flexibility index (Phi) is 4.77. The van der Waals surface area contributed by atoms with Gasteiger partial charge in [0.2, 0.25) is 5.91 Å². The second kappa shape index (κ2) is 6.35. The Morgan fingerprint density at radius 3 is 2.89 bits per heavy atom. The molecule has 1 fully saturated rings. The van der Waals surface area contributed by atoms with E-state index in [-0.39, 0.29) is 18.1 Å². The van der Waals surface area contributed by atoms with Crippen LogP contribution < -0.4 is 0 Å². The van der Waals surface area contributed by atoms with Crippen LogP contribution in [0.25, 0.3) is 6.08 Å². The van der Waals surface area contributed by atoms with Gasteiger partial charge >= 0.3 is 0 Å². The second-order valence-corrected chi connectivity index (χ2v) is 5.69. The highest BCUT2D eigenvalue weighted by Gasteiger charge is 2.25. The number of nitrogens with zero attached hydrogens (tertiary/aromatic N) is 1. The maximum absolute atomic E-state index is 12.2. The molecule has 1 saturated heterocycles. The zero-order chi connectivity index (χ0) is 13.8. The van der Waals surface area contributed by atoms with Crippen molar-refractivity contribution in [3.63, 3.8) is 0 Å². The number of hydrogen-bond acceptors (Lipinski definition) is 2. The zero-order valence-electron chi connectivity index (χ0n) is 11.2. The summed E-state index contributed by atoms with van der Waals surface area (Å²) in [7, 11) is 0. The number of amides is 1. The minimum atomic E-state index is 0.0402. The van der Waals surface area contributed by atoms with E-state index >= 15 is 0 Å². The first kappa shape index (κ1) is 14.3. The van der Waals surface area contributed by atoms with Gasteiger partial charge in [0.05, 0.1) is 18.8 Å². The van der Waals surface area contributed by atoms with Crippen LogP contribution in [-0.2, 0) is 9.53 Å². The van der Waals surface area contributed by atoms with E-state index in [1.807, 2.05) is 49.1 Å². The Morgan fingerprint density at radius 2 is 2.16 bits per heavy atom. The van der Waals surface area contributed by atoms with Crippen molar-refractivity contribution in [1.82, 2.24) is 4.90 Å². The molecule has 2 rings (SSSR count). The summed E-state index contributed by atoms with van der Waals surface area (Å²) in [6, 6.07) is 7.97. The van der Waals surface area contributed by atoms with E-state index in [0.29, 0.717) is 13.2 Å². The highest BCUT2D eigenvalue weighted by atomic mass is 79.9. The second-order valence-electron chi connectivity index (χ2n) is 4.84. The van der Waals surface area contributed by atoms with Crippen molar-refractivity contribution in [3.05, 3.63) is 40.4 Å². The minimum absolute atomic E-state index is 0.0402. The van der Waals surface area contributed by atoms with E-state index < -0.39 is 0 Å². The fourth-order valence-corrected chi connectivity index (χ4v) is 2.49. The predicted molar refractivity (Wildman–Crippen MR) is 79.8 cm³/mol. The molecule has 102 valence electrons. The first-order chi connectivity index (χ1) is 9.08. The quantitative estimate of drug-likeness (QED) is 0.783. The standard InChI is InChI=1S/C15H18BrNO2/c1-11-10-19-12(2)9-17(11)15(18)8-7-13-5-3-4-6-14(13)16/h3-8,11-12H,9-10H2,1-2H3/b8-7+. The van der Waals surface area contributed by atoms with Crippen molar-refractivity contribution >= 4 is 27.9 Å². The highest BCUT2D eigenvalue weighted by molar-refractivity contribution is 9.10. The number of hydrogen-bond donors (Lipinski definition) is 0. The van der Waals surface area contributed by atoms with Gasteiger partial charge in [0.25, 0.3) is 0 Å². The van der Waals surface area contributed by atoms with Crippen LogP contribution in [0.4, 0.5) is 0 Å². The van der Waals surface area contributed by atoms with Gasteiger partial charge in [-0.1, -0.05) is 34.1 Å². The predicted octanol–water partition coefficient (Wildman–Crippen LogP) is 3.10. The highest BCUT2D eigenvalue weighted by Crippen LogP contribution is 2.18. The molecule has 0 bridgehead atoms. The summed E-state index contributed by atoms with van der Waals surface area (Å²) >= 11 is 3.47. The summed E-state index contributed by atoms with van der Waals surface area (Å²) in [4.78, 5) is 14.1. The van der Waals surface area contributed by atoms with Crippen LogP contribution in [-0.4, -0.2) is 36.1 Å². The largest absolute Gasteiger partial charge is 0.375 e. The smallest absolute Gasteiger partial charge is 0.246 e. The lowest BCUT2D eigenvalue weighted by Gasteiger charge is -2.36. The van der Waals surface area contributed by atoms with Crippen LogP contribution in [0, 0.1) is 0 Å². The van der Waals surface area contributed by atoms with Crippen molar-refractivity contribution in [2.75, 3.05) is 13.2 Å². The fraction of sp³-hybridized carbons (Fsp3) is 0.400. The van der Waals surface area contributed by atoms with Gasteiger partial charge < -0.3 is 9.64 Å². The fourth-order valence-electron chi connectivity index (χ4n) is 2.08. The molecule has 1 aromatic carbocycles. The number of carbonyl (C=O) groups is 1. The molecular formula is C15H18BrNO2. The van der Waals surface area contributed by atoms with Gasteiger partial charge in [-0.25, -0.2) is 0 Å². The first-order valence-corrected chi connectivity index (χ1v) is 7.22. The normalized spacial score (nSPS) is 23.8. The van der Waals surface area contributed by atoms with Gasteiger partial charge in [0, 0.05) is 17.1 Å². The topological polar surface area (TPSA) is 29.5 Å². The van der Waals surface area contributed by atoms with Crippen molar-refractivity contribution < 1.29 is 9.53 Å². The summed E-state index contributed by atoms with van der Waals surface area (Å²) < 4.78 is 6.52. The third-order valence-corrected chi connectivity index (χ3v) is 3.92. The summed E-state index contributed by atoms with van der Waals surface area (Å²) in [6.45, 7) is 5.26. The molecular weight excluding hydrogens is 306 g/mol. The van der Waals surface area contributed by atoms with Gasteiger partial charge in [0.1, 0.15) is 0 Å². The molecule has 19 heavy (non-hydrogen) atoms. The molecule has 0 aromatic heterocycles. The molecule has 0 radical (unpaired) electrons.